The summed E-state index contributed by atoms with van der Waals surface area (Å²) in [7, 11) is 1.19. The lowest BCUT2D eigenvalue weighted by Crippen LogP contribution is -2.60. The number of carboxylic acids is 1. The molecule has 3 rings (SSSR count). The number of carbonyl (C=O) groups is 2. The van der Waals surface area contributed by atoms with Crippen molar-refractivity contribution in [3.8, 4) is 5.75 Å². The number of rotatable bonds is 25. The smallest absolute Gasteiger partial charge is 0.336 e. The van der Waals surface area contributed by atoms with Gasteiger partial charge in [-0.15, -0.1) is 0 Å². The Morgan fingerprint density at radius 2 is 1.71 bits per heavy atom. The van der Waals surface area contributed by atoms with Crippen LogP contribution >= 0.6 is 0 Å². The fraction of sp³-hybridized carbons (Fsp3) is 0.711. The zero-order chi connectivity index (χ0) is 40.7. The summed E-state index contributed by atoms with van der Waals surface area (Å²) < 4.78 is 45.8. The first-order chi connectivity index (χ1) is 26.1. The molecule has 10 atom stereocenters. The second-order valence-electron chi connectivity index (χ2n) is 14.3. The van der Waals surface area contributed by atoms with Crippen molar-refractivity contribution in [1.82, 2.24) is 5.32 Å². The fourth-order valence-electron chi connectivity index (χ4n) is 6.43. The van der Waals surface area contributed by atoms with Crippen LogP contribution in [0.2, 0.25) is 0 Å². The number of benzene rings is 1. The van der Waals surface area contributed by atoms with Crippen LogP contribution in [0.25, 0.3) is 11.0 Å². The SMILES string of the molecule is CC[C@H](C(OC1OC(CO)C(O)C[C@@H]1NC(C)=O)C(OC[C@H](C)CCOCCOCCOc1ccc2ccc(=O)oc2c1)C(O)C(O)OC)C(C)(C)C(=O)O. The summed E-state index contributed by atoms with van der Waals surface area (Å²) >= 11 is 0. The van der Waals surface area contributed by atoms with Gasteiger partial charge in [0.15, 0.2) is 12.6 Å². The molecule has 1 aliphatic rings. The lowest BCUT2D eigenvalue weighted by atomic mass is 9.72. The molecule has 17 nitrogen and oxygen atoms in total. The van der Waals surface area contributed by atoms with Crippen molar-refractivity contribution < 1.29 is 72.7 Å². The first kappa shape index (κ1) is 46.2. The molecule has 1 fully saturated rings. The second-order valence-corrected chi connectivity index (χ2v) is 14.3. The molecular formula is C38H59NO16. The number of methoxy groups -OCH3 is 1. The van der Waals surface area contributed by atoms with Crippen LogP contribution < -0.4 is 15.7 Å². The van der Waals surface area contributed by atoms with Crippen LogP contribution in [0.15, 0.2) is 39.5 Å². The maximum atomic E-state index is 12.5. The van der Waals surface area contributed by atoms with Crippen LogP contribution in [-0.4, -0.2) is 140 Å². The van der Waals surface area contributed by atoms with E-state index < -0.39 is 84.6 Å². The van der Waals surface area contributed by atoms with Crippen molar-refractivity contribution in [3.05, 3.63) is 40.8 Å². The molecule has 0 spiro atoms. The Morgan fingerprint density at radius 3 is 2.35 bits per heavy atom. The van der Waals surface area contributed by atoms with E-state index >= 15 is 0 Å². The van der Waals surface area contributed by atoms with Crippen LogP contribution in [0.3, 0.4) is 0 Å². The molecule has 2 heterocycles. The molecule has 7 unspecified atom stereocenters. The Bertz CT molecular complexity index is 1520. The standard InChI is InChI=1S/C38H59NO16/c1-7-26(38(4,5)37(46)47)33(55-36-27(39-23(3)41)19-28(42)30(20-40)54-36)34(32(44)35(45)48-6)52-21-22(2)12-13-49-14-15-50-16-17-51-25-10-8-24-9-11-31(43)53-29(24)18-25/h8-11,18,22,26-28,30,32-36,40,42,44-45H,7,12-17,19-21H2,1-6H3,(H,39,41)(H,46,47)/t22-,26-,27+,28?,30?,32?,33?,34?,35?,36?/m1/s1. The molecular weight excluding hydrogens is 726 g/mol. The van der Waals surface area contributed by atoms with Crippen molar-refractivity contribution in [2.75, 3.05) is 53.4 Å². The van der Waals surface area contributed by atoms with Gasteiger partial charge in [-0.2, -0.15) is 0 Å². The predicted molar refractivity (Wildman–Crippen MR) is 196 cm³/mol. The van der Waals surface area contributed by atoms with Gasteiger partial charge in [0.2, 0.25) is 5.91 Å². The number of hydrogen-bond acceptors (Lipinski definition) is 15. The van der Waals surface area contributed by atoms with E-state index in [-0.39, 0.29) is 32.0 Å². The third-order valence-corrected chi connectivity index (χ3v) is 9.72. The number of aliphatic carboxylic acids is 1. The highest BCUT2D eigenvalue weighted by molar-refractivity contribution is 5.77. The third kappa shape index (κ3) is 13.7. The molecule has 0 bridgehead atoms. The van der Waals surface area contributed by atoms with Crippen molar-refractivity contribution in [2.45, 2.75) is 103 Å². The maximum Gasteiger partial charge on any atom is 0.336 e. The van der Waals surface area contributed by atoms with E-state index in [1.54, 1.807) is 31.2 Å². The quantitative estimate of drug-likeness (QED) is 0.0474. The maximum absolute atomic E-state index is 12.5. The highest BCUT2D eigenvalue weighted by atomic mass is 16.7. The molecule has 0 saturated carbocycles. The largest absolute Gasteiger partial charge is 0.491 e. The topological polar surface area (TPSA) is 242 Å². The van der Waals surface area contributed by atoms with E-state index in [0.717, 1.165) is 5.39 Å². The summed E-state index contributed by atoms with van der Waals surface area (Å²) in [6, 6.07) is 7.35. The minimum absolute atomic E-state index is 0.0377. The minimum atomic E-state index is -1.74. The molecule has 6 N–H and O–H groups in total. The van der Waals surface area contributed by atoms with Gasteiger partial charge < -0.3 is 68.4 Å². The summed E-state index contributed by atoms with van der Waals surface area (Å²) in [4.78, 5) is 36.1. The van der Waals surface area contributed by atoms with Gasteiger partial charge in [-0.25, -0.2) is 4.79 Å². The molecule has 1 aromatic heterocycles. The monoisotopic (exact) mass is 785 g/mol. The number of amides is 1. The van der Waals surface area contributed by atoms with E-state index in [2.05, 4.69) is 5.32 Å². The molecule has 1 amide bonds. The molecule has 1 aliphatic heterocycles. The number of nitrogens with one attached hydrogen (secondary N) is 1. The van der Waals surface area contributed by atoms with Crippen LogP contribution in [0.1, 0.15) is 53.9 Å². The normalized spacial score (nSPS) is 22.4. The Labute approximate surface area is 320 Å². The van der Waals surface area contributed by atoms with Crippen LogP contribution in [-0.2, 0) is 38.0 Å². The second kappa shape index (κ2) is 22.5. The van der Waals surface area contributed by atoms with Crippen LogP contribution in [0, 0.1) is 17.3 Å². The van der Waals surface area contributed by atoms with Gasteiger partial charge in [-0.05, 0) is 50.8 Å². The Morgan fingerprint density at radius 1 is 1.04 bits per heavy atom. The average Bonchev–Trinajstić information content (AvgIpc) is 3.14. The van der Waals surface area contributed by atoms with Gasteiger partial charge in [-0.1, -0.05) is 13.8 Å². The number of ether oxygens (including phenoxy) is 7. The number of hydrogen-bond donors (Lipinski definition) is 6. The lowest BCUT2D eigenvalue weighted by molar-refractivity contribution is -0.295. The first-order valence-corrected chi connectivity index (χ1v) is 18.6. The van der Waals surface area contributed by atoms with Crippen LogP contribution in [0.4, 0.5) is 0 Å². The Balaban J connectivity index is 1.60. The van der Waals surface area contributed by atoms with Crippen molar-refractivity contribution in [1.29, 1.82) is 0 Å². The summed E-state index contributed by atoms with van der Waals surface area (Å²) in [5.74, 6) is -2.04. The molecule has 55 heavy (non-hydrogen) atoms. The van der Waals surface area contributed by atoms with Gasteiger partial charge in [-0.3, -0.25) is 9.59 Å². The van der Waals surface area contributed by atoms with Gasteiger partial charge in [0.05, 0.1) is 50.1 Å². The zero-order valence-corrected chi connectivity index (χ0v) is 32.5. The van der Waals surface area contributed by atoms with E-state index in [1.165, 1.54) is 33.9 Å². The summed E-state index contributed by atoms with van der Waals surface area (Å²) in [6.07, 6.45) is -8.89. The van der Waals surface area contributed by atoms with E-state index in [1.807, 2.05) is 6.92 Å². The Kier molecular flexibility index (Phi) is 18.9. The number of aliphatic hydroxyl groups excluding tert-OH is 4. The van der Waals surface area contributed by atoms with Crippen LogP contribution in [0.5, 0.6) is 5.75 Å². The number of carboxylic acid groups (broad SMARTS) is 1. The highest BCUT2D eigenvalue weighted by Crippen LogP contribution is 2.39. The molecule has 1 aromatic carbocycles. The Hall–Kier alpha value is -3.23. The summed E-state index contributed by atoms with van der Waals surface area (Å²) in [6.45, 7) is 8.97. The molecule has 1 saturated heterocycles. The first-order valence-electron chi connectivity index (χ1n) is 18.6. The molecule has 312 valence electrons. The zero-order valence-electron chi connectivity index (χ0n) is 32.5. The van der Waals surface area contributed by atoms with E-state index in [4.69, 9.17) is 37.6 Å². The lowest BCUT2D eigenvalue weighted by Gasteiger charge is -2.46. The fourth-order valence-corrected chi connectivity index (χ4v) is 6.43. The van der Waals surface area contributed by atoms with Gasteiger partial charge in [0, 0.05) is 57.1 Å². The third-order valence-electron chi connectivity index (χ3n) is 9.72. The molecule has 17 heteroatoms. The summed E-state index contributed by atoms with van der Waals surface area (Å²) in [5.41, 5.74) is -1.45. The van der Waals surface area contributed by atoms with Crippen molar-refractivity contribution >= 4 is 22.8 Å². The number of aliphatic hydroxyl groups is 4. The molecule has 0 aliphatic carbocycles. The van der Waals surface area contributed by atoms with Gasteiger partial charge >= 0.3 is 11.6 Å². The average molecular weight is 786 g/mol. The number of carbonyl (C=O) groups excluding carboxylic acids is 1. The minimum Gasteiger partial charge on any atom is -0.491 e. The van der Waals surface area contributed by atoms with Gasteiger partial charge in [0.1, 0.15) is 36.3 Å². The van der Waals surface area contributed by atoms with E-state index in [0.29, 0.717) is 44.2 Å². The summed E-state index contributed by atoms with van der Waals surface area (Å²) in [5, 5.41) is 56.1. The molecule has 2 aromatic rings. The van der Waals surface area contributed by atoms with Gasteiger partial charge in [0.25, 0.3) is 0 Å². The molecule has 0 radical (unpaired) electrons. The predicted octanol–water partition coefficient (Wildman–Crippen LogP) is 1.44. The van der Waals surface area contributed by atoms with Crippen molar-refractivity contribution in [2.24, 2.45) is 17.3 Å². The van der Waals surface area contributed by atoms with E-state index in [9.17, 15) is 39.9 Å². The van der Waals surface area contributed by atoms with Crippen molar-refractivity contribution in [3.63, 3.8) is 0 Å². The number of fused-ring (bicyclic) bond motifs is 1. The highest BCUT2D eigenvalue weighted by Gasteiger charge is 2.50.